The van der Waals surface area contributed by atoms with E-state index < -0.39 is 11.9 Å². The summed E-state index contributed by atoms with van der Waals surface area (Å²) >= 11 is 0. The second kappa shape index (κ2) is 2.35. The van der Waals surface area contributed by atoms with Gasteiger partial charge in [-0.2, -0.15) is 0 Å². The molecule has 0 amide bonds. The third-order valence-corrected chi connectivity index (χ3v) is 1.07. The van der Waals surface area contributed by atoms with E-state index in [0.717, 1.165) is 0 Å². The number of hydrogen-bond acceptors (Lipinski definition) is 3. The molecule has 0 radical (unpaired) electrons. The van der Waals surface area contributed by atoms with Crippen LogP contribution in [-0.4, -0.2) is 5.97 Å². The minimum absolute atomic E-state index is 0.564. The molecule has 0 saturated heterocycles. The molecule has 0 atom stereocenters. The Kier molecular flexibility index (Phi) is 1.53. The average Bonchev–Trinajstić information content (AvgIpc) is 1.90. The zero-order valence-corrected chi connectivity index (χ0v) is 4.70. The van der Waals surface area contributed by atoms with E-state index in [-0.39, 0.29) is 0 Å². The Morgan fingerprint density at radius 3 is 2.33 bits per heavy atom. The molecule has 1 aliphatic rings. The fourth-order valence-electron chi connectivity index (χ4n) is 0.595. The van der Waals surface area contributed by atoms with Gasteiger partial charge in [0.25, 0.3) is 0 Å². The quantitative estimate of drug-likeness (QED) is 0.487. The normalized spacial score (nSPS) is 17.3. The lowest BCUT2D eigenvalue weighted by Crippen LogP contribution is -2.30. The maximum atomic E-state index is 10.1. The molecule has 9 heavy (non-hydrogen) atoms. The molecule has 0 unspecified atom stereocenters. The second-order valence-corrected chi connectivity index (χ2v) is 1.73. The summed E-state index contributed by atoms with van der Waals surface area (Å²) in [5.41, 5.74) is 0. The first-order valence-electron chi connectivity index (χ1n) is 2.61. The van der Waals surface area contributed by atoms with Crippen molar-refractivity contribution in [1.29, 1.82) is 0 Å². The average molecular weight is 124 g/mol. The molecular formula is C6H6NO2-. The van der Waals surface area contributed by atoms with Gasteiger partial charge in [-0.3, -0.25) is 0 Å². The van der Waals surface area contributed by atoms with Crippen molar-refractivity contribution in [3.05, 3.63) is 24.6 Å². The molecule has 0 fully saturated rings. The SMILES string of the molecule is O=C([O-])C1C=CNC=C1. The van der Waals surface area contributed by atoms with Crippen LogP contribution in [0, 0.1) is 5.92 Å². The van der Waals surface area contributed by atoms with Crippen molar-refractivity contribution in [2.24, 2.45) is 5.92 Å². The van der Waals surface area contributed by atoms with Gasteiger partial charge in [-0.25, -0.2) is 0 Å². The Morgan fingerprint density at radius 1 is 1.44 bits per heavy atom. The Labute approximate surface area is 52.7 Å². The molecule has 1 aliphatic heterocycles. The molecule has 1 N–H and O–H groups in total. The molecule has 1 rings (SSSR count). The summed E-state index contributed by atoms with van der Waals surface area (Å²) in [6, 6.07) is 0. The molecule has 0 aromatic heterocycles. The zero-order chi connectivity index (χ0) is 6.69. The highest BCUT2D eigenvalue weighted by atomic mass is 16.4. The van der Waals surface area contributed by atoms with Crippen molar-refractivity contribution in [2.45, 2.75) is 0 Å². The topological polar surface area (TPSA) is 52.2 Å². The van der Waals surface area contributed by atoms with Crippen LogP contribution >= 0.6 is 0 Å². The van der Waals surface area contributed by atoms with E-state index >= 15 is 0 Å². The van der Waals surface area contributed by atoms with Gasteiger partial charge in [0.05, 0.1) is 5.97 Å². The molecule has 1 heterocycles. The number of nitrogens with one attached hydrogen (secondary N) is 1. The Balaban J connectivity index is 2.60. The number of carboxylic acid groups (broad SMARTS) is 1. The van der Waals surface area contributed by atoms with Crippen LogP contribution in [0.2, 0.25) is 0 Å². The first-order valence-corrected chi connectivity index (χ1v) is 2.61. The van der Waals surface area contributed by atoms with Crippen molar-refractivity contribution < 1.29 is 9.90 Å². The van der Waals surface area contributed by atoms with E-state index in [9.17, 15) is 9.90 Å². The van der Waals surface area contributed by atoms with Crippen LogP contribution in [0.25, 0.3) is 0 Å². The standard InChI is InChI=1S/C6H7NO2/c8-6(9)5-1-3-7-4-2-5/h1-5,7H,(H,8,9)/p-1. The lowest BCUT2D eigenvalue weighted by atomic mass is 10.1. The van der Waals surface area contributed by atoms with E-state index in [1.807, 2.05) is 0 Å². The van der Waals surface area contributed by atoms with Crippen LogP contribution in [-0.2, 0) is 4.79 Å². The maximum Gasteiger partial charge on any atom is 0.0522 e. The van der Waals surface area contributed by atoms with Crippen LogP contribution in [0.4, 0.5) is 0 Å². The molecule has 0 spiro atoms. The van der Waals surface area contributed by atoms with E-state index in [1.165, 1.54) is 12.2 Å². The van der Waals surface area contributed by atoms with Gasteiger partial charge in [-0.05, 0) is 12.4 Å². The monoisotopic (exact) mass is 124 g/mol. The molecule has 3 nitrogen and oxygen atoms in total. The summed E-state index contributed by atoms with van der Waals surface area (Å²) in [4.78, 5) is 10.1. The highest BCUT2D eigenvalue weighted by Gasteiger charge is 2.01. The predicted octanol–water partition coefficient (Wildman–Crippen LogP) is -1.02. The number of hydrogen-bond donors (Lipinski definition) is 1. The summed E-state index contributed by atoms with van der Waals surface area (Å²) in [7, 11) is 0. The Bertz CT molecular complexity index is 160. The van der Waals surface area contributed by atoms with Crippen molar-refractivity contribution in [1.82, 2.24) is 5.32 Å². The van der Waals surface area contributed by atoms with Gasteiger partial charge in [0.1, 0.15) is 0 Å². The van der Waals surface area contributed by atoms with Crippen molar-refractivity contribution in [3.63, 3.8) is 0 Å². The van der Waals surface area contributed by atoms with Gasteiger partial charge < -0.3 is 15.2 Å². The first-order chi connectivity index (χ1) is 4.30. The molecule has 0 aliphatic carbocycles. The van der Waals surface area contributed by atoms with E-state index in [0.29, 0.717) is 0 Å². The molecule has 3 heteroatoms. The summed E-state index contributed by atoms with van der Waals surface area (Å²) in [5.74, 6) is -1.63. The highest BCUT2D eigenvalue weighted by Crippen LogP contribution is 2.01. The molecule has 0 aromatic carbocycles. The largest absolute Gasteiger partial charge is 0.549 e. The van der Waals surface area contributed by atoms with Gasteiger partial charge in [-0.1, -0.05) is 12.2 Å². The fraction of sp³-hybridized carbons (Fsp3) is 0.167. The van der Waals surface area contributed by atoms with Gasteiger partial charge in [0.2, 0.25) is 0 Å². The minimum atomic E-state index is -1.07. The highest BCUT2D eigenvalue weighted by molar-refractivity contribution is 5.72. The number of carboxylic acids is 1. The summed E-state index contributed by atoms with van der Waals surface area (Å²) in [6.07, 6.45) is 6.19. The van der Waals surface area contributed by atoms with Crippen molar-refractivity contribution in [2.75, 3.05) is 0 Å². The zero-order valence-electron chi connectivity index (χ0n) is 4.70. The van der Waals surface area contributed by atoms with Crippen LogP contribution in [0.15, 0.2) is 24.6 Å². The van der Waals surface area contributed by atoms with Gasteiger partial charge >= 0.3 is 0 Å². The number of rotatable bonds is 1. The molecule has 0 aromatic rings. The summed E-state index contributed by atoms with van der Waals surface area (Å²) in [6.45, 7) is 0. The smallest absolute Gasteiger partial charge is 0.0522 e. The van der Waals surface area contributed by atoms with Gasteiger partial charge in [0.15, 0.2) is 0 Å². The predicted molar refractivity (Wildman–Crippen MR) is 29.9 cm³/mol. The first kappa shape index (κ1) is 5.88. The third-order valence-electron chi connectivity index (χ3n) is 1.07. The molecule has 0 saturated carbocycles. The number of dihydropyridines is 1. The van der Waals surface area contributed by atoms with Crippen LogP contribution < -0.4 is 10.4 Å². The van der Waals surface area contributed by atoms with Crippen LogP contribution in [0.3, 0.4) is 0 Å². The van der Waals surface area contributed by atoms with E-state index in [1.54, 1.807) is 12.4 Å². The fourth-order valence-corrected chi connectivity index (χ4v) is 0.595. The van der Waals surface area contributed by atoms with Crippen LogP contribution in [0.1, 0.15) is 0 Å². The van der Waals surface area contributed by atoms with Crippen LogP contribution in [0.5, 0.6) is 0 Å². The molecular weight excluding hydrogens is 118 g/mol. The van der Waals surface area contributed by atoms with Gasteiger partial charge in [0, 0.05) is 5.92 Å². The van der Waals surface area contributed by atoms with E-state index in [4.69, 9.17) is 0 Å². The summed E-state index contributed by atoms with van der Waals surface area (Å²) < 4.78 is 0. The van der Waals surface area contributed by atoms with Gasteiger partial charge in [-0.15, -0.1) is 0 Å². The van der Waals surface area contributed by atoms with Crippen molar-refractivity contribution >= 4 is 5.97 Å². The third kappa shape index (κ3) is 1.32. The Morgan fingerprint density at radius 2 is 2.00 bits per heavy atom. The number of carbonyl (C=O) groups excluding carboxylic acids is 1. The maximum absolute atomic E-state index is 10.1. The number of carbonyl (C=O) groups is 1. The lowest BCUT2D eigenvalue weighted by molar-refractivity contribution is -0.308. The molecule has 0 bridgehead atoms. The minimum Gasteiger partial charge on any atom is -0.549 e. The van der Waals surface area contributed by atoms with Crippen molar-refractivity contribution in [3.8, 4) is 0 Å². The Hall–Kier alpha value is -1.25. The lowest BCUT2D eigenvalue weighted by Gasteiger charge is -2.11. The summed E-state index contributed by atoms with van der Waals surface area (Å²) in [5, 5.41) is 12.8. The van der Waals surface area contributed by atoms with E-state index in [2.05, 4.69) is 5.32 Å². The second-order valence-electron chi connectivity index (χ2n) is 1.73. The number of aliphatic carboxylic acids is 1. The molecule has 48 valence electrons.